The first kappa shape index (κ1) is 18.9. The zero-order valence-corrected chi connectivity index (χ0v) is 17.5. The Morgan fingerprint density at radius 1 is 1.11 bits per heavy atom. The van der Waals surface area contributed by atoms with E-state index in [4.69, 9.17) is 4.74 Å². The van der Waals surface area contributed by atoms with Crippen molar-refractivity contribution >= 4 is 61.4 Å². The summed E-state index contributed by atoms with van der Waals surface area (Å²) in [6.07, 6.45) is 11.4. The molecule has 0 unspecified atom stereocenters. The van der Waals surface area contributed by atoms with Crippen molar-refractivity contribution in [2.75, 3.05) is 6.61 Å². The molecule has 18 heavy (non-hydrogen) atoms. The number of ether oxygens (including phenoxy) is 1. The summed E-state index contributed by atoms with van der Waals surface area (Å²) in [6.45, 7) is 3.90. The van der Waals surface area contributed by atoms with Crippen LogP contribution in [0.1, 0.15) is 51.4 Å². The van der Waals surface area contributed by atoms with Crippen LogP contribution in [0.15, 0.2) is 12.7 Å². The van der Waals surface area contributed by atoms with Crippen LogP contribution < -0.4 is 0 Å². The molecule has 0 aliphatic carbocycles. The summed E-state index contributed by atoms with van der Waals surface area (Å²) >= 11 is 5.14. The van der Waals surface area contributed by atoms with Gasteiger partial charge in [0.15, 0.2) is 0 Å². The van der Waals surface area contributed by atoms with E-state index < -0.39 is 0 Å². The van der Waals surface area contributed by atoms with Crippen LogP contribution >= 0.6 is 45.2 Å². The van der Waals surface area contributed by atoms with Crippen LogP contribution in [-0.2, 0) is 9.53 Å². The molecule has 0 bridgehead atoms. The lowest BCUT2D eigenvalue weighted by Crippen LogP contribution is -2.09. The van der Waals surface area contributed by atoms with Gasteiger partial charge in [-0.25, -0.2) is 4.79 Å². The lowest BCUT2D eigenvalue weighted by molar-refractivity contribution is -0.137. The maximum absolute atomic E-state index is 10.8. The molecule has 0 saturated heterocycles. The number of carbonyl (C=O) groups excluding carboxylic acids is 1. The molecule has 2 nitrogen and oxygen atoms in total. The molecule has 0 radical (unpaired) electrons. The Kier molecular flexibility index (Phi) is 12.3. The maximum Gasteiger partial charge on any atom is 0.330 e. The number of hydrogen-bond donors (Lipinski definition) is 0. The molecule has 0 fully saturated rings. The van der Waals surface area contributed by atoms with E-state index in [1.165, 1.54) is 54.8 Å². The van der Waals surface area contributed by atoms with Crippen LogP contribution in [0.25, 0.3) is 0 Å². The first-order valence-electron chi connectivity index (χ1n) is 6.63. The number of halogens is 2. The number of hydrogen-bond acceptors (Lipinski definition) is 2. The van der Waals surface area contributed by atoms with Crippen LogP contribution in [0.2, 0.25) is 0 Å². The van der Waals surface area contributed by atoms with Crippen molar-refractivity contribution in [1.82, 2.24) is 0 Å². The lowest BCUT2D eigenvalue weighted by atomic mass is 10.1. The highest BCUT2D eigenvalue weighted by Gasteiger charge is 2.12. The molecular weight excluding hydrogens is 470 g/mol. The minimum Gasteiger partial charge on any atom is -0.463 e. The van der Waals surface area contributed by atoms with Crippen molar-refractivity contribution in [3.05, 3.63) is 12.7 Å². The van der Waals surface area contributed by atoms with Gasteiger partial charge in [0.25, 0.3) is 0 Å². The highest BCUT2D eigenvalue weighted by atomic mass is 127. The molecule has 0 aliphatic rings. The Labute approximate surface area is 141 Å². The molecule has 0 N–H and O–H groups in total. The lowest BCUT2D eigenvalue weighted by Gasteiger charge is -2.13. The second-order valence-electron chi connectivity index (χ2n) is 4.67. The molecule has 0 amide bonds. The van der Waals surface area contributed by atoms with Crippen molar-refractivity contribution in [3.8, 4) is 0 Å². The molecule has 0 rings (SSSR count). The van der Waals surface area contributed by atoms with Crippen molar-refractivity contribution in [2.24, 2.45) is 0 Å². The van der Waals surface area contributed by atoms with Crippen molar-refractivity contribution in [1.29, 1.82) is 0 Å². The smallest absolute Gasteiger partial charge is 0.330 e. The Bertz CT molecular complexity index is 240. The van der Waals surface area contributed by atoms with Gasteiger partial charge in [-0.15, -0.1) is 0 Å². The van der Waals surface area contributed by atoms with Gasteiger partial charge in [-0.2, -0.15) is 0 Å². The second kappa shape index (κ2) is 11.7. The molecule has 0 atom stereocenters. The summed E-state index contributed by atoms with van der Waals surface area (Å²) in [5.74, 6) is -0.306. The summed E-state index contributed by atoms with van der Waals surface area (Å²) in [6, 6.07) is 0. The fraction of sp³-hybridized carbons (Fsp3) is 0.769. The Hall–Kier alpha value is 0.887. The van der Waals surface area contributed by atoms with Crippen molar-refractivity contribution in [3.63, 3.8) is 0 Å². The first-order chi connectivity index (χ1) is 8.45. The molecule has 106 valence electrons. The predicted octanol–water partition coefficient (Wildman–Crippen LogP) is 3.73. The van der Waals surface area contributed by atoms with Crippen molar-refractivity contribution in [2.45, 2.75) is 52.4 Å². The van der Waals surface area contributed by atoms with Gasteiger partial charge in [-0.1, -0.05) is 90.3 Å². The Balaban J connectivity index is 3.12. The number of carbonyl (C=O) groups is 1. The fourth-order valence-corrected chi connectivity index (χ4v) is 2.77. The van der Waals surface area contributed by atoms with Gasteiger partial charge in [0.05, 0.1) is 7.66 Å². The molecule has 0 aromatic heterocycles. The van der Waals surface area contributed by atoms with Crippen molar-refractivity contribution < 1.29 is 9.53 Å². The number of unbranched alkanes of at least 4 members (excludes halogenated alkanes) is 6. The van der Waals surface area contributed by atoms with E-state index >= 15 is 0 Å². The second-order valence-corrected chi connectivity index (χ2v) is 17.3. The van der Waals surface area contributed by atoms with Crippen LogP contribution in [0.5, 0.6) is 0 Å². The van der Waals surface area contributed by atoms with Gasteiger partial charge in [0.2, 0.25) is 0 Å². The quantitative estimate of drug-likeness (QED) is 0.109. The molecule has 0 saturated carbocycles. The molecule has 0 aliphatic heterocycles. The minimum atomic E-state index is -0.306. The fourth-order valence-electron chi connectivity index (χ4n) is 1.65. The molecule has 0 aromatic rings. The normalized spacial score (nSPS) is 11.4. The standard InChI is InChI=1S/C13H24I2O2Si/c1-2-12(16)17-11-9-7-5-3-4-6-8-10-13(14,15)18/h2H,1,3-11H2,18H3. The minimum absolute atomic E-state index is 0.306. The highest BCUT2D eigenvalue weighted by Crippen LogP contribution is 2.29. The van der Waals surface area contributed by atoms with Gasteiger partial charge in [0, 0.05) is 16.3 Å². The van der Waals surface area contributed by atoms with E-state index in [1.807, 2.05) is 0 Å². The van der Waals surface area contributed by atoms with E-state index in [-0.39, 0.29) is 5.97 Å². The topological polar surface area (TPSA) is 26.3 Å². The van der Waals surface area contributed by atoms with Gasteiger partial charge >= 0.3 is 5.97 Å². The SMILES string of the molecule is C=CC(=O)OCCCCCCCCCC([SiH3])(I)I. The third kappa shape index (κ3) is 14.9. The molecule has 5 heteroatoms. The van der Waals surface area contributed by atoms with E-state index in [1.54, 1.807) is 0 Å². The average Bonchev–Trinajstić information content (AvgIpc) is 2.29. The molecule has 0 heterocycles. The largest absolute Gasteiger partial charge is 0.463 e. The van der Waals surface area contributed by atoms with E-state index in [2.05, 4.69) is 51.8 Å². The van der Waals surface area contributed by atoms with Crippen LogP contribution in [-0.4, -0.2) is 23.9 Å². The summed E-state index contributed by atoms with van der Waals surface area (Å²) in [4.78, 5) is 10.8. The predicted molar refractivity (Wildman–Crippen MR) is 98.8 cm³/mol. The number of esters is 1. The third-order valence-corrected chi connectivity index (χ3v) is 4.25. The van der Waals surface area contributed by atoms with Crippen LogP contribution in [0.4, 0.5) is 0 Å². The molecular formula is C13H24I2O2Si. The average molecular weight is 494 g/mol. The summed E-state index contributed by atoms with van der Waals surface area (Å²) in [5, 5.41) is 0. The first-order valence-corrected chi connectivity index (χ1v) is 9.78. The van der Waals surface area contributed by atoms with E-state index in [9.17, 15) is 4.79 Å². The Morgan fingerprint density at radius 3 is 2.11 bits per heavy atom. The van der Waals surface area contributed by atoms with E-state index in [0.29, 0.717) is 7.66 Å². The Morgan fingerprint density at radius 2 is 1.61 bits per heavy atom. The monoisotopic (exact) mass is 494 g/mol. The number of rotatable bonds is 11. The van der Waals surface area contributed by atoms with Crippen LogP contribution in [0.3, 0.4) is 0 Å². The highest BCUT2D eigenvalue weighted by molar-refractivity contribution is 14.2. The molecule has 0 spiro atoms. The third-order valence-electron chi connectivity index (χ3n) is 2.67. The molecule has 0 aromatic carbocycles. The van der Waals surface area contributed by atoms with Crippen LogP contribution in [0, 0.1) is 0 Å². The van der Waals surface area contributed by atoms with E-state index in [0.717, 1.165) is 12.8 Å². The summed E-state index contributed by atoms with van der Waals surface area (Å²) < 4.78 is 5.48. The zero-order valence-electron chi connectivity index (χ0n) is 11.2. The van der Waals surface area contributed by atoms with Gasteiger partial charge in [0.1, 0.15) is 0 Å². The van der Waals surface area contributed by atoms with Gasteiger partial charge in [-0.3, -0.25) is 0 Å². The zero-order chi connectivity index (χ0) is 13.9. The van der Waals surface area contributed by atoms with Gasteiger partial charge in [-0.05, 0) is 12.8 Å². The summed E-state index contributed by atoms with van der Waals surface area (Å²) in [5.41, 5.74) is 0. The number of alkyl halides is 2. The maximum atomic E-state index is 10.8. The van der Waals surface area contributed by atoms with Gasteiger partial charge < -0.3 is 4.74 Å². The summed E-state index contributed by atoms with van der Waals surface area (Å²) in [7, 11) is 1.27.